The second kappa shape index (κ2) is 7.79. The average Bonchev–Trinajstić information content (AvgIpc) is 2.70. The molecule has 2 aromatic rings. The Kier molecular flexibility index (Phi) is 5.57. The number of benzene rings is 2. The van der Waals surface area contributed by atoms with Crippen LogP contribution in [0, 0.1) is 5.92 Å². The molecule has 0 bridgehead atoms. The molecule has 0 aliphatic carbocycles. The molecular formula is C21H21NO6S. The van der Waals surface area contributed by atoms with E-state index in [9.17, 15) is 22.8 Å². The minimum absolute atomic E-state index is 0.00347. The van der Waals surface area contributed by atoms with Crippen molar-refractivity contribution < 1.29 is 27.5 Å². The minimum Gasteiger partial charge on any atom is -0.452 e. The van der Waals surface area contributed by atoms with Crippen molar-refractivity contribution in [3.8, 4) is 0 Å². The van der Waals surface area contributed by atoms with E-state index in [0.29, 0.717) is 0 Å². The molecule has 3 rings (SSSR count). The van der Waals surface area contributed by atoms with E-state index < -0.39 is 34.1 Å². The molecule has 0 unspecified atom stereocenters. The van der Waals surface area contributed by atoms with E-state index in [1.54, 1.807) is 6.07 Å². The van der Waals surface area contributed by atoms with Crippen molar-refractivity contribution in [2.75, 3.05) is 6.61 Å². The molecule has 8 heteroatoms. The molecule has 1 atom stereocenters. The normalized spacial score (nSPS) is 15.2. The maximum absolute atomic E-state index is 12.9. The molecule has 0 aromatic heterocycles. The van der Waals surface area contributed by atoms with Gasteiger partial charge in [-0.2, -0.15) is 0 Å². The van der Waals surface area contributed by atoms with Crippen molar-refractivity contribution in [1.82, 2.24) is 5.32 Å². The van der Waals surface area contributed by atoms with Crippen LogP contribution < -0.4 is 5.32 Å². The molecule has 0 radical (unpaired) electrons. The quantitative estimate of drug-likeness (QED) is 0.641. The van der Waals surface area contributed by atoms with Gasteiger partial charge in [0.25, 0.3) is 5.91 Å². The summed E-state index contributed by atoms with van der Waals surface area (Å²) in [5, 5.41) is 2.71. The first kappa shape index (κ1) is 20.7. The molecule has 1 N–H and O–H groups in total. The summed E-state index contributed by atoms with van der Waals surface area (Å²) in [5.74, 6) is -1.50. The van der Waals surface area contributed by atoms with Crippen LogP contribution in [0.4, 0.5) is 0 Å². The molecule has 29 heavy (non-hydrogen) atoms. The third-order valence-corrected chi connectivity index (χ3v) is 6.75. The second-order valence-electron chi connectivity index (χ2n) is 7.22. The number of carbonyl (C=O) groups excluding carboxylic acids is 3. The molecule has 0 saturated carbocycles. The molecule has 0 fully saturated rings. The first-order chi connectivity index (χ1) is 13.6. The zero-order chi connectivity index (χ0) is 21.3. The minimum atomic E-state index is -3.95. The Morgan fingerprint density at radius 2 is 1.66 bits per heavy atom. The fourth-order valence-electron chi connectivity index (χ4n) is 2.89. The van der Waals surface area contributed by atoms with Gasteiger partial charge < -0.3 is 10.1 Å². The van der Waals surface area contributed by atoms with Crippen molar-refractivity contribution >= 4 is 27.5 Å². The van der Waals surface area contributed by atoms with E-state index in [-0.39, 0.29) is 38.4 Å². The Morgan fingerprint density at radius 1 is 1.00 bits per heavy atom. The highest BCUT2D eigenvalue weighted by Crippen LogP contribution is 2.34. The molecule has 0 spiro atoms. The number of ketones is 1. The van der Waals surface area contributed by atoms with Crippen molar-refractivity contribution in [3.63, 3.8) is 0 Å². The summed E-state index contributed by atoms with van der Waals surface area (Å²) in [6.07, 6.45) is 0. The van der Waals surface area contributed by atoms with Gasteiger partial charge in [-0.3, -0.25) is 9.59 Å². The number of hydrogen-bond acceptors (Lipinski definition) is 6. The third kappa shape index (κ3) is 3.93. The summed E-state index contributed by atoms with van der Waals surface area (Å²) in [7, 11) is -3.95. The van der Waals surface area contributed by atoms with E-state index in [4.69, 9.17) is 4.74 Å². The standard InChI is InChI=1S/C21H21NO6S/c1-12(2)13(3)22-19(23)11-28-21(25)14-8-9-16-18(10-14)29(26,27)17-7-5-4-6-15(17)20(16)24/h4-10,12-13H,11H2,1-3H3,(H,22,23)/t13-/m0/s1. The number of ether oxygens (including phenoxy) is 1. The zero-order valence-corrected chi connectivity index (χ0v) is 17.1. The monoisotopic (exact) mass is 415 g/mol. The third-order valence-electron chi connectivity index (χ3n) is 4.90. The van der Waals surface area contributed by atoms with Crippen molar-refractivity contribution in [1.29, 1.82) is 0 Å². The van der Waals surface area contributed by atoms with Gasteiger partial charge in [0.2, 0.25) is 9.84 Å². The van der Waals surface area contributed by atoms with Crippen LogP contribution in [0.15, 0.2) is 52.3 Å². The lowest BCUT2D eigenvalue weighted by atomic mass is 10.0. The number of nitrogens with one attached hydrogen (secondary N) is 1. The number of carbonyl (C=O) groups is 3. The van der Waals surface area contributed by atoms with Crippen molar-refractivity contribution in [2.24, 2.45) is 5.92 Å². The van der Waals surface area contributed by atoms with Crippen LogP contribution in [0.5, 0.6) is 0 Å². The summed E-state index contributed by atoms with van der Waals surface area (Å²) in [6.45, 7) is 5.25. The van der Waals surface area contributed by atoms with E-state index >= 15 is 0 Å². The summed E-state index contributed by atoms with van der Waals surface area (Å²) in [5.41, 5.74) is 0.0548. The zero-order valence-electron chi connectivity index (χ0n) is 16.3. The number of fused-ring (bicyclic) bond motifs is 2. The van der Waals surface area contributed by atoms with Gasteiger partial charge in [-0.15, -0.1) is 0 Å². The number of rotatable bonds is 5. The lowest BCUT2D eigenvalue weighted by Gasteiger charge is -2.19. The topological polar surface area (TPSA) is 107 Å². The fraction of sp³-hybridized carbons (Fsp3) is 0.286. The summed E-state index contributed by atoms with van der Waals surface area (Å²) >= 11 is 0. The average molecular weight is 415 g/mol. The van der Waals surface area contributed by atoms with Gasteiger partial charge in [0.05, 0.1) is 15.4 Å². The van der Waals surface area contributed by atoms with Crippen LogP contribution in [0.1, 0.15) is 47.1 Å². The van der Waals surface area contributed by atoms with E-state index in [0.717, 1.165) is 6.07 Å². The van der Waals surface area contributed by atoms with Crippen LogP contribution in [-0.2, 0) is 19.4 Å². The maximum atomic E-state index is 12.9. The predicted octanol–water partition coefficient (Wildman–Crippen LogP) is 2.38. The summed E-state index contributed by atoms with van der Waals surface area (Å²) < 4.78 is 30.8. The Labute approximate surface area is 169 Å². The first-order valence-electron chi connectivity index (χ1n) is 9.12. The van der Waals surface area contributed by atoms with Gasteiger partial charge in [0.15, 0.2) is 12.4 Å². The highest BCUT2D eigenvalue weighted by Gasteiger charge is 2.35. The Bertz CT molecular complexity index is 1100. The number of amides is 1. The smallest absolute Gasteiger partial charge is 0.338 e. The fourth-order valence-corrected chi connectivity index (χ4v) is 4.57. The molecule has 7 nitrogen and oxygen atoms in total. The molecule has 2 aromatic carbocycles. The molecule has 1 heterocycles. The van der Waals surface area contributed by atoms with Crippen LogP contribution in [0.3, 0.4) is 0 Å². The molecule has 152 valence electrons. The molecule has 1 aliphatic rings. The Morgan fingerprint density at radius 3 is 2.34 bits per heavy atom. The molecule has 1 aliphatic heterocycles. The molecule has 0 saturated heterocycles. The lowest BCUT2D eigenvalue weighted by molar-refractivity contribution is -0.125. The van der Waals surface area contributed by atoms with E-state index in [1.165, 1.54) is 30.3 Å². The van der Waals surface area contributed by atoms with Crippen molar-refractivity contribution in [2.45, 2.75) is 36.6 Å². The van der Waals surface area contributed by atoms with E-state index in [2.05, 4.69) is 5.32 Å². The number of sulfone groups is 1. The molecule has 1 amide bonds. The summed E-state index contributed by atoms with van der Waals surface area (Å²) in [6, 6.07) is 9.59. The molecular weight excluding hydrogens is 394 g/mol. The van der Waals surface area contributed by atoms with Crippen LogP contribution in [0.25, 0.3) is 0 Å². The maximum Gasteiger partial charge on any atom is 0.338 e. The lowest BCUT2D eigenvalue weighted by Crippen LogP contribution is -2.38. The van der Waals surface area contributed by atoms with Crippen LogP contribution >= 0.6 is 0 Å². The number of esters is 1. The van der Waals surface area contributed by atoms with Gasteiger partial charge in [0, 0.05) is 17.2 Å². The van der Waals surface area contributed by atoms with Gasteiger partial charge in [-0.25, -0.2) is 13.2 Å². The van der Waals surface area contributed by atoms with Gasteiger partial charge in [-0.05, 0) is 43.2 Å². The number of hydrogen-bond donors (Lipinski definition) is 1. The highest BCUT2D eigenvalue weighted by molar-refractivity contribution is 7.91. The van der Waals surface area contributed by atoms with Crippen LogP contribution in [-0.4, -0.2) is 38.7 Å². The van der Waals surface area contributed by atoms with Gasteiger partial charge in [0.1, 0.15) is 0 Å². The van der Waals surface area contributed by atoms with Gasteiger partial charge in [-0.1, -0.05) is 26.0 Å². The predicted molar refractivity (Wildman–Crippen MR) is 104 cm³/mol. The van der Waals surface area contributed by atoms with Crippen LogP contribution in [0.2, 0.25) is 0 Å². The first-order valence-corrected chi connectivity index (χ1v) is 10.6. The SMILES string of the molecule is CC(C)[C@H](C)NC(=O)COC(=O)c1ccc2c(c1)S(=O)(=O)c1ccccc1C2=O. The Hall–Kier alpha value is -3.00. The largest absolute Gasteiger partial charge is 0.452 e. The highest BCUT2D eigenvalue weighted by atomic mass is 32.2. The summed E-state index contributed by atoms with van der Waals surface area (Å²) in [4.78, 5) is 36.5. The van der Waals surface area contributed by atoms with Gasteiger partial charge >= 0.3 is 5.97 Å². The second-order valence-corrected chi connectivity index (χ2v) is 9.10. The van der Waals surface area contributed by atoms with Crippen molar-refractivity contribution in [3.05, 3.63) is 59.2 Å². The Balaban J connectivity index is 1.82. The van der Waals surface area contributed by atoms with E-state index in [1.807, 2.05) is 20.8 Å².